The van der Waals surface area contributed by atoms with Gasteiger partial charge in [0.2, 0.25) is 0 Å². The van der Waals surface area contributed by atoms with Crippen molar-refractivity contribution in [1.29, 1.82) is 0 Å². The zero-order chi connectivity index (χ0) is 68.9. The molecule has 0 fully saturated rings. The Hall–Kier alpha value is -1.94. The van der Waals surface area contributed by atoms with E-state index in [1.165, 1.54) is 167 Å². The summed E-state index contributed by atoms with van der Waals surface area (Å²) in [5, 5.41) is 10.6. The van der Waals surface area contributed by atoms with E-state index in [9.17, 15) is 43.2 Å². The summed E-state index contributed by atoms with van der Waals surface area (Å²) in [6.07, 6.45) is 47.2. The van der Waals surface area contributed by atoms with E-state index in [1.807, 2.05) is 0 Å². The molecule has 0 rings (SSSR count). The number of carbonyl (C=O) groups is 4. The lowest BCUT2D eigenvalue weighted by molar-refractivity contribution is -0.161. The SMILES string of the molecule is CCC(C)CCCCCCCCCCCCCCCCC(=O)O[C@H](COC(=O)CCCCCCCCCCCCC(C)CC)COP(=O)(O)OCC(O)COP(=O)(O)OC[C@@H](COC(=O)CCCCCCCCCC(C)C)OC(=O)CCCCCCCCCCC(C)C. The maximum atomic E-state index is 13.1. The lowest BCUT2D eigenvalue weighted by Crippen LogP contribution is -2.30. The second kappa shape index (κ2) is 63.5. The first-order valence-electron chi connectivity index (χ1n) is 38.3. The summed E-state index contributed by atoms with van der Waals surface area (Å²) in [6, 6.07) is 0. The standard InChI is InChI=1S/C74H144O17P2/c1-9-66(7)52-44-36-28-19-15-13-11-12-14-16-22-31-40-48-56-73(78)90-69(60-84-71(76)54-46-38-30-21-18-17-20-29-37-45-53-67(8)10-2)62-88-92(80,81)86-58-68(75)59-87-93(82,83)89-63-70(61-85-72(77)55-47-39-33-25-27-35-43-51-65(5)6)91-74(79)57-49-41-32-24-23-26-34-42-50-64(3)4/h64-70,75H,9-63H2,1-8H3,(H,80,81)(H,82,83)/t66?,67?,68?,69-,70-/m1/s1. The fourth-order valence-corrected chi connectivity index (χ4v) is 12.7. The summed E-state index contributed by atoms with van der Waals surface area (Å²) in [4.78, 5) is 72.7. The van der Waals surface area contributed by atoms with Crippen molar-refractivity contribution in [1.82, 2.24) is 0 Å². The molecular formula is C74H144O17P2. The van der Waals surface area contributed by atoms with Crippen LogP contribution in [0.4, 0.5) is 0 Å². The molecule has 19 heteroatoms. The molecule has 0 aromatic carbocycles. The Balaban J connectivity index is 5.25. The molecule has 3 N–H and O–H groups in total. The van der Waals surface area contributed by atoms with Gasteiger partial charge in [0, 0.05) is 25.7 Å². The molecule has 0 bridgehead atoms. The summed E-state index contributed by atoms with van der Waals surface area (Å²) in [5.74, 6) is 0.953. The van der Waals surface area contributed by atoms with E-state index >= 15 is 0 Å². The topological polar surface area (TPSA) is 237 Å². The number of ether oxygens (including phenoxy) is 4. The van der Waals surface area contributed by atoms with E-state index in [0.717, 1.165) is 114 Å². The molecule has 552 valence electrons. The third-order valence-electron chi connectivity index (χ3n) is 17.8. The number of esters is 4. The second-order valence-corrected chi connectivity index (χ2v) is 31.0. The van der Waals surface area contributed by atoms with Gasteiger partial charge in [0.05, 0.1) is 26.4 Å². The van der Waals surface area contributed by atoms with Crippen molar-refractivity contribution in [2.45, 2.75) is 388 Å². The number of rotatable bonds is 71. The van der Waals surface area contributed by atoms with Crippen LogP contribution in [0.25, 0.3) is 0 Å². The maximum Gasteiger partial charge on any atom is 0.472 e. The summed E-state index contributed by atoms with van der Waals surface area (Å²) in [7, 11) is -9.91. The number of unbranched alkanes of at least 4 members (excludes halogenated alkanes) is 35. The van der Waals surface area contributed by atoms with Crippen LogP contribution >= 0.6 is 15.6 Å². The Kier molecular flexibility index (Phi) is 62.2. The Bertz CT molecular complexity index is 1840. The molecule has 0 saturated carbocycles. The van der Waals surface area contributed by atoms with Gasteiger partial charge in [-0.15, -0.1) is 0 Å². The van der Waals surface area contributed by atoms with Crippen LogP contribution in [0.15, 0.2) is 0 Å². The first-order valence-corrected chi connectivity index (χ1v) is 41.3. The average Bonchev–Trinajstić information content (AvgIpc) is 2.42. The van der Waals surface area contributed by atoms with Gasteiger partial charge >= 0.3 is 39.5 Å². The monoisotopic (exact) mass is 1370 g/mol. The van der Waals surface area contributed by atoms with Crippen molar-refractivity contribution < 1.29 is 80.2 Å². The molecule has 0 aromatic rings. The normalized spacial score (nSPS) is 14.8. The van der Waals surface area contributed by atoms with Crippen LogP contribution in [0.2, 0.25) is 0 Å². The van der Waals surface area contributed by atoms with Crippen LogP contribution in [0.1, 0.15) is 370 Å². The minimum atomic E-state index is -4.96. The highest BCUT2D eigenvalue weighted by Crippen LogP contribution is 2.45. The highest BCUT2D eigenvalue weighted by Gasteiger charge is 2.30. The third-order valence-corrected chi connectivity index (χ3v) is 19.7. The molecule has 0 spiro atoms. The summed E-state index contributed by atoms with van der Waals surface area (Å²) >= 11 is 0. The van der Waals surface area contributed by atoms with Crippen molar-refractivity contribution in [3.05, 3.63) is 0 Å². The molecule has 0 aliphatic carbocycles. The van der Waals surface area contributed by atoms with Crippen molar-refractivity contribution in [2.75, 3.05) is 39.6 Å². The zero-order valence-electron chi connectivity index (χ0n) is 60.9. The average molecular weight is 1370 g/mol. The lowest BCUT2D eigenvalue weighted by Gasteiger charge is -2.21. The number of carbonyl (C=O) groups excluding carboxylic acids is 4. The first-order chi connectivity index (χ1) is 44.7. The van der Waals surface area contributed by atoms with E-state index in [2.05, 4.69) is 55.4 Å². The van der Waals surface area contributed by atoms with E-state index in [0.29, 0.717) is 31.6 Å². The summed E-state index contributed by atoms with van der Waals surface area (Å²) in [5.41, 5.74) is 0. The zero-order valence-corrected chi connectivity index (χ0v) is 62.7. The highest BCUT2D eigenvalue weighted by molar-refractivity contribution is 7.47. The molecule has 5 unspecified atom stereocenters. The fraction of sp³-hybridized carbons (Fsp3) is 0.946. The number of phosphoric acid groups is 2. The van der Waals surface area contributed by atoms with Crippen LogP contribution in [-0.4, -0.2) is 96.7 Å². The molecule has 0 radical (unpaired) electrons. The number of aliphatic hydroxyl groups is 1. The Morgan fingerprint density at radius 2 is 0.516 bits per heavy atom. The second-order valence-electron chi connectivity index (χ2n) is 28.1. The predicted octanol–water partition coefficient (Wildman–Crippen LogP) is 21.3. The fourth-order valence-electron chi connectivity index (χ4n) is 11.1. The van der Waals surface area contributed by atoms with Crippen LogP contribution < -0.4 is 0 Å². The van der Waals surface area contributed by atoms with E-state index in [1.54, 1.807) is 0 Å². The predicted molar refractivity (Wildman–Crippen MR) is 377 cm³/mol. The van der Waals surface area contributed by atoms with Crippen molar-refractivity contribution in [2.24, 2.45) is 23.7 Å². The van der Waals surface area contributed by atoms with Gasteiger partial charge in [-0.1, -0.05) is 319 Å². The number of phosphoric ester groups is 2. The van der Waals surface area contributed by atoms with Gasteiger partial charge in [-0.2, -0.15) is 0 Å². The van der Waals surface area contributed by atoms with Gasteiger partial charge in [0.25, 0.3) is 0 Å². The highest BCUT2D eigenvalue weighted by atomic mass is 31.2. The number of hydrogen-bond acceptors (Lipinski definition) is 15. The van der Waals surface area contributed by atoms with E-state index in [4.69, 9.17) is 37.0 Å². The molecule has 0 saturated heterocycles. The van der Waals surface area contributed by atoms with Gasteiger partial charge in [-0.25, -0.2) is 9.13 Å². The Morgan fingerprint density at radius 1 is 0.301 bits per heavy atom. The van der Waals surface area contributed by atoms with Crippen LogP contribution in [-0.2, 0) is 65.4 Å². The van der Waals surface area contributed by atoms with Crippen molar-refractivity contribution >= 4 is 39.5 Å². The maximum absolute atomic E-state index is 13.1. The molecule has 17 nitrogen and oxygen atoms in total. The largest absolute Gasteiger partial charge is 0.472 e. The van der Waals surface area contributed by atoms with Gasteiger partial charge in [-0.05, 0) is 49.4 Å². The Morgan fingerprint density at radius 3 is 0.763 bits per heavy atom. The Labute approximate surface area is 568 Å². The molecule has 93 heavy (non-hydrogen) atoms. The first kappa shape index (κ1) is 91.1. The quantitative estimate of drug-likeness (QED) is 0.0222. The molecule has 0 aliphatic heterocycles. The minimum absolute atomic E-state index is 0.103. The summed E-state index contributed by atoms with van der Waals surface area (Å²) < 4.78 is 68.4. The minimum Gasteiger partial charge on any atom is -0.462 e. The van der Waals surface area contributed by atoms with Crippen molar-refractivity contribution in [3.63, 3.8) is 0 Å². The lowest BCUT2D eigenvalue weighted by atomic mass is 9.99. The molecule has 0 aliphatic rings. The van der Waals surface area contributed by atoms with Gasteiger partial charge < -0.3 is 33.8 Å². The molecular weight excluding hydrogens is 1220 g/mol. The van der Waals surface area contributed by atoms with Crippen LogP contribution in [0.5, 0.6) is 0 Å². The summed E-state index contributed by atoms with van der Waals surface area (Å²) in [6.45, 7) is 14.2. The van der Waals surface area contributed by atoms with E-state index in [-0.39, 0.29) is 25.7 Å². The number of hydrogen-bond donors (Lipinski definition) is 3. The molecule has 7 atom stereocenters. The van der Waals surface area contributed by atoms with Crippen LogP contribution in [0.3, 0.4) is 0 Å². The third kappa shape index (κ3) is 65.8. The van der Waals surface area contributed by atoms with Gasteiger partial charge in [-0.3, -0.25) is 37.3 Å². The smallest absolute Gasteiger partial charge is 0.462 e. The van der Waals surface area contributed by atoms with Gasteiger partial charge in [0.1, 0.15) is 19.3 Å². The molecule has 0 amide bonds. The van der Waals surface area contributed by atoms with E-state index < -0.39 is 97.5 Å². The van der Waals surface area contributed by atoms with Gasteiger partial charge in [0.15, 0.2) is 12.2 Å². The van der Waals surface area contributed by atoms with Crippen molar-refractivity contribution in [3.8, 4) is 0 Å². The molecule has 0 aromatic heterocycles. The van der Waals surface area contributed by atoms with Crippen LogP contribution in [0, 0.1) is 23.7 Å². The molecule has 0 heterocycles. The number of aliphatic hydroxyl groups excluding tert-OH is 1.